The van der Waals surface area contributed by atoms with E-state index in [9.17, 15) is 9.90 Å². The van der Waals surface area contributed by atoms with Gasteiger partial charge in [-0.05, 0) is 23.3 Å². The molecule has 0 saturated carbocycles. The van der Waals surface area contributed by atoms with E-state index in [4.69, 9.17) is 0 Å². The number of carbonyl (C=O) groups excluding carboxylic acids is 1. The molecule has 2 rings (SSSR count). The van der Waals surface area contributed by atoms with Gasteiger partial charge in [0.2, 0.25) is 0 Å². The first-order valence-electron chi connectivity index (χ1n) is 4.40. The van der Waals surface area contributed by atoms with Crippen molar-refractivity contribution in [3.8, 4) is 0 Å². The van der Waals surface area contributed by atoms with Gasteiger partial charge in [-0.2, -0.15) is 0 Å². The Hall–Kier alpha value is 0.346. The molecule has 0 unspecified atom stereocenters. The van der Waals surface area contributed by atoms with Crippen molar-refractivity contribution in [2.45, 2.75) is 6.42 Å². The summed E-state index contributed by atoms with van der Waals surface area (Å²) in [4.78, 5) is 11.3. The van der Waals surface area contributed by atoms with Crippen molar-refractivity contribution in [3.05, 3.63) is 39.4 Å². The molecule has 0 aliphatic heterocycles. The number of hydrogen-bond donors (Lipinski definition) is 0. The molecular weight excluding hydrogens is 299 g/mol. The molecule has 1 aromatic rings. The monoisotopic (exact) mass is 306 g/mol. The van der Waals surface area contributed by atoms with E-state index in [2.05, 4.69) is 20.7 Å². The third kappa shape index (κ3) is 2.60. The summed E-state index contributed by atoms with van der Waals surface area (Å²) >= 11 is 3.32. The number of fused-ring (bicyclic) bond motifs is 1. The maximum absolute atomic E-state index is 11.8. The third-order valence-electron chi connectivity index (χ3n) is 2.39. The molecule has 3 nitrogen and oxygen atoms in total. The van der Waals surface area contributed by atoms with Crippen LogP contribution in [0.15, 0.2) is 28.2 Å². The summed E-state index contributed by atoms with van der Waals surface area (Å²) in [5, 5.41) is 11.8. The van der Waals surface area contributed by atoms with Gasteiger partial charge in [0, 0.05) is 16.5 Å². The van der Waals surface area contributed by atoms with Crippen molar-refractivity contribution in [3.63, 3.8) is 0 Å². The Kier molecular flexibility index (Phi) is 5.22. The molecule has 0 saturated heterocycles. The van der Waals surface area contributed by atoms with Crippen molar-refractivity contribution in [1.82, 2.24) is 0 Å². The smallest absolute Gasteiger partial charge is 0.872 e. The van der Waals surface area contributed by atoms with Crippen LogP contribution in [0.1, 0.15) is 11.1 Å². The normalized spacial score (nSPS) is 13.1. The molecule has 0 amide bonds. The predicted octanol–water partition coefficient (Wildman–Crippen LogP) is -1.75. The Bertz CT molecular complexity index is 468. The van der Waals surface area contributed by atoms with E-state index in [0.29, 0.717) is 12.0 Å². The zero-order chi connectivity index (χ0) is 11.0. The van der Waals surface area contributed by atoms with Gasteiger partial charge < -0.3 is 9.84 Å². The summed E-state index contributed by atoms with van der Waals surface area (Å²) in [6, 6.07) is 5.36. The summed E-state index contributed by atoms with van der Waals surface area (Å²) in [6.45, 7) is 0. The fourth-order valence-electron chi connectivity index (χ4n) is 1.65. The third-order valence-corrected chi connectivity index (χ3v) is 2.88. The molecule has 0 spiro atoms. The Labute approximate surface area is 144 Å². The zero-order valence-electron chi connectivity index (χ0n) is 9.04. The van der Waals surface area contributed by atoms with Crippen LogP contribution in [0.4, 0.5) is 0 Å². The van der Waals surface area contributed by atoms with Crippen molar-refractivity contribution in [2.75, 3.05) is 7.11 Å². The molecule has 0 N–H and O–H groups in total. The van der Waals surface area contributed by atoms with Crippen LogP contribution in [0.3, 0.4) is 0 Å². The number of esters is 1. The van der Waals surface area contributed by atoms with Gasteiger partial charge in [-0.25, -0.2) is 4.79 Å². The van der Waals surface area contributed by atoms with Gasteiger partial charge in [0.05, 0.1) is 7.11 Å². The predicted molar refractivity (Wildman–Crippen MR) is 56.8 cm³/mol. The van der Waals surface area contributed by atoms with Crippen LogP contribution in [0.25, 0.3) is 5.76 Å². The van der Waals surface area contributed by atoms with Crippen LogP contribution in [0.5, 0.6) is 0 Å². The van der Waals surface area contributed by atoms with Gasteiger partial charge in [0.25, 0.3) is 0 Å². The van der Waals surface area contributed by atoms with Gasteiger partial charge in [0.15, 0.2) is 0 Å². The summed E-state index contributed by atoms with van der Waals surface area (Å²) in [5.41, 5.74) is 1.68. The minimum atomic E-state index is -0.535. The number of methoxy groups -OCH3 is 1. The van der Waals surface area contributed by atoms with Gasteiger partial charge >= 0.3 is 57.4 Å². The largest absolute Gasteiger partial charge is 1.00 e. The Balaban J connectivity index is 0.00000128. The molecular formula is C11H8BrKO3. The van der Waals surface area contributed by atoms with Crippen LogP contribution in [0.2, 0.25) is 0 Å². The average molecular weight is 307 g/mol. The molecule has 16 heavy (non-hydrogen) atoms. The molecule has 0 atom stereocenters. The number of carbonyl (C=O) groups is 1. The Morgan fingerprint density at radius 2 is 2.19 bits per heavy atom. The van der Waals surface area contributed by atoms with E-state index in [1.54, 1.807) is 12.1 Å². The summed E-state index contributed by atoms with van der Waals surface area (Å²) < 4.78 is 5.46. The number of halogens is 1. The first-order valence-corrected chi connectivity index (χ1v) is 5.20. The zero-order valence-corrected chi connectivity index (χ0v) is 13.8. The molecule has 1 aromatic carbocycles. The number of ether oxygens (including phenoxy) is 1. The van der Waals surface area contributed by atoms with E-state index in [1.807, 2.05) is 6.07 Å². The fourth-order valence-corrected chi connectivity index (χ4v) is 2.06. The van der Waals surface area contributed by atoms with E-state index in [-0.39, 0.29) is 62.7 Å². The molecule has 78 valence electrons. The number of benzene rings is 1. The summed E-state index contributed by atoms with van der Waals surface area (Å²) in [6.07, 6.45) is 0.361. The van der Waals surface area contributed by atoms with Crippen LogP contribution >= 0.6 is 15.9 Å². The second kappa shape index (κ2) is 5.79. The van der Waals surface area contributed by atoms with Gasteiger partial charge in [-0.3, -0.25) is 0 Å². The minimum absolute atomic E-state index is 0. The molecule has 1 aliphatic rings. The van der Waals surface area contributed by atoms with Crippen LogP contribution in [-0.4, -0.2) is 13.1 Å². The van der Waals surface area contributed by atoms with Crippen LogP contribution < -0.4 is 56.5 Å². The van der Waals surface area contributed by atoms with Gasteiger partial charge in [-0.15, -0.1) is 0 Å². The fraction of sp³-hybridized carbons (Fsp3) is 0.182. The second-order valence-electron chi connectivity index (χ2n) is 3.28. The van der Waals surface area contributed by atoms with E-state index in [0.717, 1.165) is 10.0 Å². The molecule has 0 heterocycles. The minimum Gasteiger partial charge on any atom is -0.872 e. The topological polar surface area (TPSA) is 49.4 Å². The van der Waals surface area contributed by atoms with Crippen LogP contribution in [0, 0.1) is 0 Å². The average Bonchev–Trinajstić information content (AvgIpc) is 2.54. The molecule has 5 heteroatoms. The Morgan fingerprint density at radius 1 is 1.50 bits per heavy atom. The van der Waals surface area contributed by atoms with Crippen molar-refractivity contribution < 1.29 is 66.0 Å². The quantitative estimate of drug-likeness (QED) is 0.457. The van der Waals surface area contributed by atoms with Crippen molar-refractivity contribution in [2.24, 2.45) is 0 Å². The molecule has 0 aromatic heterocycles. The van der Waals surface area contributed by atoms with E-state index in [1.165, 1.54) is 7.11 Å². The Morgan fingerprint density at radius 3 is 2.81 bits per heavy atom. The standard InChI is InChI=1S/C11H9BrO3.K/c1-15-11(14)9-5-6-4-7(12)2-3-8(6)10(9)13;/h2-4,13H,5H2,1H3;/q;+1/p-1. The number of hydrogen-bond acceptors (Lipinski definition) is 3. The maximum Gasteiger partial charge on any atom is 1.00 e. The summed E-state index contributed by atoms with van der Waals surface area (Å²) in [5.74, 6) is -0.753. The second-order valence-corrected chi connectivity index (χ2v) is 4.19. The molecule has 0 fully saturated rings. The first-order chi connectivity index (χ1) is 7.13. The first kappa shape index (κ1) is 14.4. The van der Waals surface area contributed by atoms with Gasteiger partial charge in [0.1, 0.15) is 0 Å². The molecule has 0 radical (unpaired) electrons. The van der Waals surface area contributed by atoms with Gasteiger partial charge in [-0.1, -0.05) is 27.8 Å². The van der Waals surface area contributed by atoms with Crippen molar-refractivity contribution in [1.29, 1.82) is 0 Å². The SMILES string of the molecule is COC(=O)C1=C([O-])c2ccc(Br)cc2C1.[K+]. The van der Waals surface area contributed by atoms with Crippen molar-refractivity contribution >= 4 is 27.7 Å². The number of rotatable bonds is 1. The molecule has 1 aliphatic carbocycles. The van der Waals surface area contributed by atoms with E-state index >= 15 is 0 Å². The maximum atomic E-state index is 11.8. The summed E-state index contributed by atoms with van der Waals surface area (Å²) in [7, 11) is 1.28. The molecule has 0 bridgehead atoms. The van der Waals surface area contributed by atoms with E-state index < -0.39 is 5.97 Å². The van der Waals surface area contributed by atoms with Crippen LogP contribution in [-0.2, 0) is 16.0 Å².